The van der Waals surface area contributed by atoms with E-state index in [0.29, 0.717) is 0 Å². The Bertz CT molecular complexity index is 671. The number of aliphatic hydroxyl groups excluding tert-OH is 2. The fourth-order valence-electron chi connectivity index (χ4n) is 2.15. The van der Waals surface area contributed by atoms with Crippen LogP contribution in [0, 0.1) is 0 Å². The number of alkyl halides is 1. The Morgan fingerprint density at radius 3 is 3.11 bits per heavy atom. The topological polar surface area (TPSA) is 113 Å². The Morgan fingerprint density at radius 1 is 1.63 bits per heavy atom. The van der Waals surface area contributed by atoms with E-state index in [1.165, 1.54) is 0 Å². The molecule has 8 nitrogen and oxygen atoms in total. The zero-order valence-electron chi connectivity index (χ0n) is 9.65. The first-order valence-electron chi connectivity index (χ1n) is 5.63. The summed E-state index contributed by atoms with van der Waals surface area (Å²) >= 11 is 0. The quantitative estimate of drug-likeness (QED) is 0.634. The van der Waals surface area contributed by atoms with Crippen LogP contribution in [0.1, 0.15) is 6.42 Å². The van der Waals surface area contributed by atoms with E-state index in [1.807, 2.05) is 0 Å². The highest BCUT2D eigenvalue weighted by atomic mass is 19.2. The van der Waals surface area contributed by atoms with E-state index in [4.69, 9.17) is 9.84 Å². The number of nitrogens with one attached hydrogen (secondary N) is 1. The van der Waals surface area contributed by atoms with Crippen molar-refractivity contribution >= 4 is 11.2 Å². The molecule has 1 aliphatic rings. The van der Waals surface area contributed by atoms with Crippen LogP contribution in [0.4, 0.5) is 4.39 Å². The summed E-state index contributed by atoms with van der Waals surface area (Å²) in [5, 5.41) is 18.7. The minimum atomic E-state index is -2.59. The van der Waals surface area contributed by atoms with Gasteiger partial charge in [0.25, 0.3) is 5.56 Å². The van der Waals surface area contributed by atoms with Gasteiger partial charge in [0.2, 0.25) is 0 Å². The van der Waals surface area contributed by atoms with Crippen LogP contribution in [0.5, 0.6) is 0 Å². The van der Waals surface area contributed by atoms with Gasteiger partial charge in [0, 0.05) is 6.42 Å². The van der Waals surface area contributed by atoms with Gasteiger partial charge in [-0.15, -0.1) is 0 Å². The number of fused-ring (bicyclic) bond motifs is 1. The molecular weight excluding hydrogens is 259 g/mol. The Morgan fingerprint density at radius 2 is 2.42 bits per heavy atom. The molecule has 1 aliphatic heterocycles. The van der Waals surface area contributed by atoms with Crippen molar-refractivity contribution < 1.29 is 19.3 Å². The zero-order valence-corrected chi connectivity index (χ0v) is 9.65. The smallest absolute Gasteiger partial charge is 0.322 e. The fraction of sp³-hybridized carbons (Fsp3) is 0.500. The number of aromatic nitrogens is 4. The van der Waals surface area contributed by atoms with Gasteiger partial charge < -0.3 is 19.9 Å². The van der Waals surface area contributed by atoms with E-state index in [9.17, 15) is 14.3 Å². The highest BCUT2D eigenvalue weighted by molar-refractivity contribution is 5.69. The van der Waals surface area contributed by atoms with E-state index in [2.05, 4.69) is 15.0 Å². The lowest BCUT2D eigenvalue weighted by Crippen LogP contribution is -2.38. The van der Waals surface area contributed by atoms with E-state index in [1.54, 1.807) is 0 Å². The summed E-state index contributed by atoms with van der Waals surface area (Å²) in [6, 6.07) is 0. The highest BCUT2D eigenvalue weighted by Gasteiger charge is 2.51. The number of hydrogen-bond donors (Lipinski definition) is 3. The first-order chi connectivity index (χ1) is 9.06. The van der Waals surface area contributed by atoms with Crippen LogP contribution in [0.3, 0.4) is 0 Å². The SMILES string of the molecule is O=c1[nH]cnc2c1ncn2[C@]1(F)O[C@H](CO)C[C@H]1O. The van der Waals surface area contributed by atoms with Gasteiger partial charge in [-0.2, -0.15) is 4.39 Å². The second kappa shape index (κ2) is 4.08. The molecule has 9 heteroatoms. The van der Waals surface area contributed by atoms with E-state index in [0.717, 1.165) is 17.2 Å². The molecule has 0 unspecified atom stereocenters. The Kier molecular flexibility index (Phi) is 2.62. The number of nitrogens with zero attached hydrogens (tertiary/aromatic N) is 3. The predicted molar refractivity (Wildman–Crippen MR) is 59.8 cm³/mol. The maximum Gasteiger partial charge on any atom is 0.322 e. The highest BCUT2D eigenvalue weighted by Crippen LogP contribution is 2.37. The van der Waals surface area contributed by atoms with Crippen molar-refractivity contribution in [2.45, 2.75) is 24.6 Å². The van der Waals surface area contributed by atoms with Gasteiger partial charge in [-0.25, -0.2) is 9.97 Å². The van der Waals surface area contributed by atoms with Gasteiger partial charge in [-0.1, -0.05) is 0 Å². The average molecular weight is 270 g/mol. The molecule has 3 rings (SSSR count). The predicted octanol–water partition coefficient (Wildman–Crippen LogP) is -1.16. The number of H-pyrrole nitrogens is 1. The minimum Gasteiger partial charge on any atom is -0.394 e. The molecule has 102 valence electrons. The first kappa shape index (κ1) is 12.2. The Balaban J connectivity index is 2.14. The van der Waals surface area contributed by atoms with Crippen molar-refractivity contribution in [3.63, 3.8) is 0 Å². The molecule has 2 aromatic heterocycles. The zero-order chi connectivity index (χ0) is 13.6. The largest absolute Gasteiger partial charge is 0.394 e. The minimum absolute atomic E-state index is 0.0381. The number of halogens is 1. The van der Waals surface area contributed by atoms with Gasteiger partial charge in [0.1, 0.15) is 12.4 Å². The van der Waals surface area contributed by atoms with Gasteiger partial charge in [0.05, 0.1) is 19.0 Å². The molecule has 3 heterocycles. The number of ether oxygens (including phenoxy) is 1. The summed E-state index contributed by atoms with van der Waals surface area (Å²) in [6.07, 6.45) is -0.217. The van der Waals surface area contributed by atoms with Crippen LogP contribution in [-0.4, -0.2) is 48.5 Å². The van der Waals surface area contributed by atoms with Crippen molar-refractivity contribution in [2.24, 2.45) is 0 Å². The summed E-state index contributed by atoms with van der Waals surface area (Å²) in [5.41, 5.74) is -0.606. The average Bonchev–Trinajstić information content (AvgIpc) is 2.94. The Labute approximate surface area is 105 Å². The summed E-state index contributed by atoms with van der Waals surface area (Å²) in [7, 11) is 0. The summed E-state index contributed by atoms with van der Waals surface area (Å²) in [6.45, 7) is -0.413. The standard InChI is InChI=1S/C10H11FN4O4/c11-10(6(17)1-5(2-16)19-10)15-4-14-7-8(15)12-3-13-9(7)18/h3-6,16-17H,1-2H2,(H,12,13,18)/t5-,6+,10-/m0/s1. The van der Waals surface area contributed by atoms with E-state index in [-0.39, 0.29) is 17.6 Å². The van der Waals surface area contributed by atoms with Crippen LogP contribution >= 0.6 is 0 Å². The molecule has 0 aliphatic carbocycles. The summed E-state index contributed by atoms with van der Waals surface area (Å²) < 4.78 is 20.6. The number of imidazole rings is 1. The Hall–Kier alpha value is -1.84. The van der Waals surface area contributed by atoms with E-state index >= 15 is 0 Å². The maximum absolute atomic E-state index is 14.8. The molecule has 2 aromatic rings. The monoisotopic (exact) mass is 270 g/mol. The molecule has 1 fully saturated rings. The molecule has 0 saturated carbocycles. The molecule has 0 bridgehead atoms. The van der Waals surface area contributed by atoms with Crippen molar-refractivity contribution in [1.82, 2.24) is 19.5 Å². The third-order valence-electron chi connectivity index (χ3n) is 3.10. The summed E-state index contributed by atoms with van der Waals surface area (Å²) in [4.78, 5) is 21.4. The van der Waals surface area contributed by atoms with Crippen molar-refractivity contribution in [3.8, 4) is 0 Å². The number of aliphatic hydroxyl groups is 2. The molecule has 0 aromatic carbocycles. The normalized spacial score (nSPS) is 31.1. The van der Waals surface area contributed by atoms with Gasteiger partial charge in [0.15, 0.2) is 11.2 Å². The lowest BCUT2D eigenvalue weighted by atomic mass is 10.2. The van der Waals surface area contributed by atoms with E-state index < -0.39 is 30.4 Å². The van der Waals surface area contributed by atoms with Crippen LogP contribution < -0.4 is 5.56 Å². The lowest BCUT2D eigenvalue weighted by molar-refractivity contribution is -0.235. The molecule has 19 heavy (non-hydrogen) atoms. The maximum atomic E-state index is 14.8. The third kappa shape index (κ3) is 1.66. The second-order valence-electron chi connectivity index (χ2n) is 4.30. The van der Waals surface area contributed by atoms with Gasteiger partial charge >= 0.3 is 5.98 Å². The van der Waals surface area contributed by atoms with Crippen LogP contribution in [-0.2, 0) is 10.7 Å². The molecule has 3 N–H and O–H groups in total. The molecule has 0 amide bonds. The third-order valence-corrected chi connectivity index (χ3v) is 3.10. The van der Waals surface area contributed by atoms with Crippen molar-refractivity contribution in [2.75, 3.05) is 6.61 Å². The summed E-state index contributed by atoms with van der Waals surface area (Å²) in [5.74, 6) is -2.59. The number of rotatable bonds is 2. The van der Waals surface area contributed by atoms with Crippen molar-refractivity contribution in [1.29, 1.82) is 0 Å². The molecule has 3 atom stereocenters. The number of aromatic amines is 1. The number of hydrogen-bond acceptors (Lipinski definition) is 6. The van der Waals surface area contributed by atoms with Gasteiger partial charge in [-0.3, -0.25) is 9.36 Å². The molecule has 0 spiro atoms. The van der Waals surface area contributed by atoms with Crippen LogP contribution in [0.2, 0.25) is 0 Å². The van der Waals surface area contributed by atoms with Crippen LogP contribution in [0.25, 0.3) is 11.2 Å². The van der Waals surface area contributed by atoms with Crippen molar-refractivity contribution in [3.05, 3.63) is 23.0 Å². The lowest BCUT2D eigenvalue weighted by Gasteiger charge is -2.24. The second-order valence-corrected chi connectivity index (χ2v) is 4.30. The van der Waals surface area contributed by atoms with Gasteiger partial charge in [-0.05, 0) is 0 Å². The molecule has 0 radical (unpaired) electrons. The molecule has 1 saturated heterocycles. The fourth-order valence-corrected chi connectivity index (χ4v) is 2.15. The molecular formula is C10H11FN4O4. The van der Waals surface area contributed by atoms with Crippen LogP contribution in [0.15, 0.2) is 17.4 Å². The first-order valence-corrected chi connectivity index (χ1v) is 5.63.